The summed E-state index contributed by atoms with van der Waals surface area (Å²) in [6.45, 7) is 9.65. The summed E-state index contributed by atoms with van der Waals surface area (Å²) in [5.41, 5.74) is 3.54. The zero-order chi connectivity index (χ0) is 24.2. The number of allylic oxidation sites excluding steroid dienone is 1. The summed E-state index contributed by atoms with van der Waals surface area (Å²) >= 11 is 0. The first-order chi connectivity index (χ1) is 15.5. The number of carbonyl (C=O) groups excluding carboxylic acids is 1. The molecule has 5 nitrogen and oxygen atoms in total. The van der Waals surface area contributed by atoms with E-state index in [4.69, 9.17) is 0 Å². The third kappa shape index (κ3) is 7.02. The topological polar surface area (TPSA) is 72.8 Å². The summed E-state index contributed by atoms with van der Waals surface area (Å²) in [7, 11) is 1.86. The second-order valence-electron chi connectivity index (χ2n) is 10.9. The molecule has 0 aliphatic heterocycles. The van der Waals surface area contributed by atoms with Crippen LogP contribution in [0, 0.1) is 24.7 Å². The van der Waals surface area contributed by atoms with Gasteiger partial charge in [0.05, 0.1) is 12.2 Å². The number of hydrogen-bond donors (Lipinski definition) is 3. The van der Waals surface area contributed by atoms with Gasteiger partial charge in [-0.2, -0.15) is 0 Å². The lowest BCUT2D eigenvalue weighted by Crippen LogP contribution is -2.43. The average molecular weight is 455 g/mol. The van der Waals surface area contributed by atoms with Crippen LogP contribution in [-0.4, -0.2) is 58.9 Å². The number of nitrogens with one attached hydrogen (secondary N) is 1. The first-order valence-electron chi connectivity index (χ1n) is 12.3. The number of rotatable bonds is 9. The van der Waals surface area contributed by atoms with Crippen molar-refractivity contribution in [1.29, 1.82) is 0 Å². The Morgan fingerprint density at radius 2 is 2.09 bits per heavy atom. The number of hydrogen-bond acceptors (Lipinski definition) is 4. The summed E-state index contributed by atoms with van der Waals surface area (Å²) < 4.78 is 0. The highest BCUT2D eigenvalue weighted by atomic mass is 16.3. The Morgan fingerprint density at radius 3 is 2.79 bits per heavy atom. The van der Waals surface area contributed by atoms with Crippen LogP contribution in [-0.2, 0) is 11.2 Å². The van der Waals surface area contributed by atoms with Crippen LogP contribution in [0.1, 0.15) is 51.2 Å². The zero-order valence-electron chi connectivity index (χ0n) is 20.9. The number of benzene rings is 1. The van der Waals surface area contributed by atoms with Crippen LogP contribution in [0.3, 0.4) is 0 Å². The van der Waals surface area contributed by atoms with Crippen LogP contribution >= 0.6 is 0 Å². The third-order valence-corrected chi connectivity index (χ3v) is 7.28. The maximum Gasteiger partial charge on any atom is 0.224 e. The van der Waals surface area contributed by atoms with Crippen LogP contribution < -0.4 is 5.32 Å². The largest absolute Gasteiger partial charge is 0.392 e. The van der Waals surface area contributed by atoms with E-state index in [1.807, 2.05) is 52.1 Å². The van der Waals surface area contributed by atoms with Gasteiger partial charge in [0.25, 0.3) is 0 Å². The predicted molar refractivity (Wildman–Crippen MR) is 134 cm³/mol. The van der Waals surface area contributed by atoms with E-state index >= 15 is 0 Å². The van der Waals surface area contributed by atoms with E-state index in [-0.39, 0.29) is 23.5 Å². The number of carbonyl (C=O) groups is 1. The minimum Gasteiger partial charge on any atom is -0.392 e. The molecule has 0 aromatic heterocycles. The molecule has 33 heavy (non-hydrogen) atoms. The molecule has 5 atom stereocenters. The SMILES string of the molecule is Cc1cccc(C[C@@H](O)C=C[C@@H]2[C@H]3CC(CNCCC(=O)N(C)C(C)(C)C)=C[C@H]3C[C@H]2O)c1. The van der Waals surface area contributed by atoms with E-state index in [1.54, 1.807) is 4.90 Å². The molecule has 0 heterocycles. The fourth-order valence-electron chi connectivity index (χ4n) is 5.13. The monoisotopic (exact) mass is 454 g/mol. The first kappa shape index (κ1) is 25.7. The molecule has 1 aromatic carbocycles. The lowest BCUT2D eigenvalue weighted by molar-refractivity contribution is -0.133. The molecular weight excluding hydrogens is 412 g/mol. The second-order valence-corrected chi connectivity index (χ2v) is 10.9. The molecule has 1 fully saturated rings. The van der Waals surface area contributed by atoms with Crippen molar-refractivity contribution in [3.05, 3.63) is 59.2 Å². The van der Waals surface area contributed by atoms with Crippen molar-refractivity contribution < 1.29 is 15.0 Å². The van der Waals surface area contributed by atoms with Gasteiger partial charge in [0.1, 0.15) is 0 Å². The standard InChI is InChI=1S/C28H42N2O3/c1-19-7-6-8-20(13-19)15-23(31)9-10-24-25-16-21(14-22(25)17-26(24)32)18-29-12-11-27(33)30(5)28(2,3)4/h6-10,13-14,22-26,29,31-32H,11-12,15-18H2,1-5H3/t22-,23-,24+,25-,26+/m0/s1. The van der Waals surface area contributed by atoms with Crippen molar-refractivity contribution in [2.45, 2.75) is 71.1 Å². The van der Waals surface area contributed by atoms with Crippen molar-refractivity contribution in [3.63, 3.8) is 0 Å². The number of aryl methyl sites for hydroxylation is 1. The Balaban J connectivity index is 1.45. The Labute approximate surface area is 199 Å². The van der Waals surface area contributed by atoms with E-state index in [0.717, 1.165) is 24.9 Å². The van der Waals surface area contributed by atoms with Crippen molar-refractivity contribution in [1.82, 2.24) is 10.2 Å². The van der Waals surface area contributed by atoms with Crippen LogP contribution in [0.15, 0.2) is 48.1 Å². The van der Waals surface area contributed by atoms with E-state index < -0.39 is 6.10 Å². The fourth-order valence-corrected chi connectivity index (χ4v) is 5.13. The molecular formula is C28H42N2O3. The quantitative estimate of drug-likeness (QED) is 0.394. The molecule has 1 saturated carbocycles. The summed E-state index contributed by atoms with van der Waals surface area (Å²) in [5.74, 6) is 1.03. The Bertz CT molecular complexity index is 870. The van der Waals surface area contributed by atoms with Gasteiger partial charge in [-0.3, -0.25) is 4.79 Å². The number of amides is 1. The molecule has 0 spiro atoms. The van der Waals surface area contributed by atoms with Crippen molar-refractivity contribution in [2.24, 2.45) is 17.8 Å². The average Bonchev–Trinajstić information content (AvgIpc) is 3.24. The lowest BCUT2D eigenvalue weighted by atomic mass is 9.89. The number of aliphatic hydroxyl groups is 2. The maximum atomic E-state index is 12.3. The molecule has 0 unspecified atom stereocenters. The Morgan fingerprint density at radius 1 is 1.33 bits per heavy atom. The molecule has 5 heteroatoms. The van der Waals surface area contributed by atoms with Crippen LogP contribution in [0.2, 0.25) is 0 Å². The van der Waals surface area contributed by atoms with Crippen molar-refractivity contribution in [2.75, 3.05) is 20.1 Å². The number of nitrogens with zero attached hydrogens (tertiary/aromatic N) is 1. The molecule has 0 saturated heterocycles. The number of fused-ring (bicyclic) bond motifs is 1. The summed E-state index contributed by atoms with van der Waals surface area (Å²) in [6, 6.07) is 8.22. The molecule has 1 aromatic rings. The van der Waals surface area contributed by atoms with Crippen LogP contribution in [0.5, 0.6) is 0 Å². The molecule has 1 amide bonds. The van der Waals surface area contributed by atoms with E-state index in [0.29, 0.717) is 31.2 Å². The van der Waals surface area contributed by atoms with Gasteiger partial charge in [0.2, 0.25) is 5.91 Å². The van der Waals surface area contributed by atoms with E-state index in [9.17, 15) is 15.0 Å². The molecule has 0 radical (unpaired) electrons. The smallest absolute Gasteiger partial charge is 0.224 e. The molecule has 2 aliphatic rings. The van der Waals surface area contributed by atoms with Crippen LogP contribution in [0.25, 0.3) is 0 Å². The van der Waals surface area contributed by atoms with Crippen molar-refractivity contribution >= 4 is 5.91 Å². The van der Waals surface area contributed by atoms with Gasteiger partial charge in [-0.1, -0.05) is 53.6 Å². The maximum absolute atomic E-state index is 12.3. The minimum atomic E-state index is -0.544. The number of aliphatic hydroxyl groups excluding tert-OH is 2. The van der Waals surface area contributed by atoms with Crippen molar-refractivity contribution in [3.8, 4) is 0 Å². The first-order valence-corrected chi connectivity index (χ1v) is 12.3. The lowest BCUT2D eigenvalue weighted by Gasteiger charge is -2.32. The second kappa shape index (κ2) is 11.0. The van der Waals surface area contributed by atoms with Gasteiger partial charge in [0.15, 0.2) is 0 Å². The highest BCUT2D eigenvalue weighted by Gasteiger charge is 2.43. The van der Waals surface area contributed by atoms with E-state index in [1.165, 1.54) is 11.1 Å². The van der Waals surface area contributed by atoms with E-state index in [2.05, 4.69) is 30.4 Å². The highest BCUT2D eigenvalue weighted by molar-refractivity contribution is 5.76. The van der Waals surface area contributed by atoms with Gasteiger partial charge in [-0.15, -0.1) is 0 Å². The van der Waals surface area contributed by atoms with Gasteiger partial charge in [-0.25, -0.2) is 0 Å². The minimum absolute atomic E-state index is 0.0814. The third-order valence-electron chi connectivity index (χ3n) is 7.28. The van der Waals surface area contributed by atoms with Gasteiger partial charge in [-0.05, 0) is 57.9 Å². The highest BCUT2D eigenvalue weighted by Crippen LogP contribution is 2.47. The van der Waals surface area contributed by atoms with Gasteiger partial charge < -0.3 is 20.4 Å². The van der Waals surface area contributed by atoms with Crippen LogP contribution in [0.4, 0.5) is 0 Å². The van der Waals surface area contributed by atoms with Gasteiger partial charge in [0, 0.05) is 44.4 Å². The fraction of sp³-hybridized carbons (Fsp3) is 0.607. The normalized spacial score (nSPS) is 25.8. The molecule has 3 rings (SSSR count). The summed E-state index contributed by atoms with van der Waals surface area (Å²) in [4.78, 5) is 14.1. The molecule has 2 aliphatic carbocycles. The molecule has 182 valence electrons. The Kier molecular flexibility index (Phi) is 8.54. The zero-order valence-corrected chi connectivity index (χ0v) is 20.9. The predicted octanol–water partition coefficient (Wildman–Crippen LogP) is 3.63. The van der Waals surface area contributed by atoms with Gasteiger partial charge >= 0.3 is 0 Å². The molecule has 0 bridgehead atoms. The summed E-state index contributed by atoms with van der Waals surface area (Å²) in [5, 5.41) is 24.5. The summed E-state index contributed by atoms with van der Waals surface area (Å²) in [6.07, 6.45) is 8.17. The molecule has 3 N–H and O–H groups in total. The Hall–Kier alpha value is -1.95.